The lowest BCUT2D eigenvalue weighted by molar-refractivity contribution is -0.137. The number of rotatable bonds is 4. The van der Waals surface area contributed by atoms with Crippen molar-refractivity contribution < 1.29 is 17.9 Å². The van der Waals surface area contributed by atoms with Crippen molar-refractivity contribution in [3.05, 3.63) is 62.1 Å². The summed E-state index contributed by atoms with van der Waals surface area (Å²) in [6, 6.07) is 5.89. The van der Waals surface area contributed by atoms with Crippen LogP contribution in [0.4, 0.5) is 19.0 Å². The molecule has 0 spiro atoms. The fraction of sp³-hybridized carbons (Fsp3) is 0.368. The van der Waals surface area contributed by atoms with Crippen molar-refractivity contribution in [3.8, 4) is 5.75 Å². The van der Waals surface area contributed by atoms with Gasteiger partial charge in [-0.1, -0.05) is 6.07 Å². The third-order valence-corrected chi connectivity index (χ3v) is 6.06. The van der Waals surface area contributed by atoms with Crippen LogP contribution in [-0.2, 0) is 19.1 Å². The molecule has 0 amide bonds. The molecule has 1 aliphatic rings. The number of fused-ring (bicyclic) bond motifs is 1. The minimum atomic E-state index is -4.51. The predicted octanol–water partition coefficient (Wildman–Crippen LogP) is 3.29. The van der Waals surface area contributed by atoms with E-state index < -0.39 is 16.9 Å². The molecule has 0 bridgehead atoms. The van der Waals surface area contributed by atoms with Crippen molar-refractivity contribution in [2.45, 2.75) is 32.1 Å². The van der Waals surface area contributed by atoms with Crippen molar-refractivity contribution >= 4 is 17.2 Å². The second-order valence-corrected chi connectivity index (χ2v) is 7.98. The highest BCUT2D eigenvalue weighted by Crippen LogP contribution is 2.34. The molecule has 1 atom stereocenters. The summed E-state index contributed by atoms with van der Waals surface area (Å²) in [6.45, 7) is 2.56. The molecule has 0 aliphatic carbocycles. The van der Waals surface area contributed by atoms with Crippen molar-refractivity contribution in [1.82, 2.24) is 19.7 Å². The zero-order chi connectivity index (χ0) is 21.5. The van der Waals surface area contributed by atoms with Crippen LogP contribution in [0.2, 0.25) is 0 Å². The number of methoxy groups -OCH3 is 1. The van der Waals surface area contributed by atoms with E-state index in [4.69, 9.17) is 4.74 Å². The first-order valence-electron chi connectivity index (χ1n) is 9.16. The number of anilines is 1. The number of hydrogen-bond acceptors (Lipinski definition) is 7. The van der Waals surface area contributed by atoms with Gasteiger partial charge in [-0.2, -0.15) is 23.3 Å². The first kappa shape index (κ1) is 20.3. The Kier molecular flexibility index (Phi) is 5.22. The Morgan fingerprint density at radius 1 is 1.30 bits per heavy atom. The number of hydrogen-bond donors (Lipinski definition) is 0. The second kappa shape index (κ2) is 7.71. The van der Waals surface area contributed by atoms with E-state index in [0.717, 1.165) is 28.6 Å². The quantitative estimate of drug-likeness (QED) is 0.624. The fourth-order valence-electron chi connectivity index (χ4n) is 3.51. The van der Waals surface area contributed by atoms with Crippen LogP contribution in [0.1, 0.15) is 34.0 Å². The van der Waals surface area contributed by atoms with Crippen LogP contribution in [0.15, 0.2) is 35.4 Å². The molecule has 0 saturated heterocycles. The minimum Gasteiger partial charge on any atom is -0.497 e. The van der Waals surface area contributed by atoms with Gasteiger partial charge in [0.05, 0.1) is 25.9 Å². The number of halogens is 3. The third-order valence-electron chi connectivity index (χ3n) is 5.03. The highest BCUT2D eigenvalue weighted by atomic mass is 32.1. The summed E-state index contributed by atoms with van der Waals surface area (Å²) in [5, 5.41) is 3.16. The Balaban J connectivity index is 1.54. The summed E-state index contributed by atoms with van der Waals surface area (Å²) in [5.74, 6) is 1.24. The van der Waals surface area contributed by atoms with Crippen molar-refractivity contribution in [1.29, 1.82) is 0 Å². The van der Waals surface area contributed by atoms with Crippen LogP contribution in [0.3, 0.4) is 0 Å². The van der Waals surface area contributed by atoms with E-state index in [2.05, 4.69) is 15.1 Å². The second-order valence-electron chi connectivity index (χ2n) is 6.87. The summed E-state index contributed by atoms with van der Waals surface area (Å²) in [4.78, 5) is 22.2. The zero-order valence-corrected chi connectivity index (χ0v) is 17.0. The maximum atomic E-state index is 12.7. The van der Waals surface area contributed by atoms with Gasteiger partial charge in [-0.05, 0) is 36.6 Å². The molecule has 30 heavy (non-hydrogen) atoms. The summed E-state index contributed by atoms with van der Waals surface area (Å²) in [6.07, 6.45) is -1.16. The van der Waals surface area contributed by atoms with Crippen LogP contribution < -0.4 is 15.3 Å². The number of thiazole rings is 1. The summed E-state index contributed by atoms with van der Waals surface area (Å²) in [7, 11) is 1.63. The Labute approximate surface area is 173 Å². The Hall–Kier alpha value is -2.95. The molecule has 158 valence electrons. The molecule has 0 N–H and O–H groups in total. The molecule has 0 saturated carbocycles. The molecule has 3 aromatic rings. The molecular weight excluding hydrogens is 419 g/mol. The number of nitrogens with zero attached hydrogens (tertiary/aromatic N) is 5. The Morgan fingerprint density at radius 3 is 2.77 bits per heavy atom. The average molecular weight is 437 g/mol. The lowest BCUT2D eigenvalue weighted by atomic mass is 9.93. The SMILES string of the molecule is COc1ccc2c(c1)CCN(c1cnn(Cc3cnc(C(F)(F)F)s3)c(=O)n1)C2C. The van der Waals surface area contributed by atoms with Crippen LogP contribution in [0.5, 0.6) is 5.75 Å². The molecule has 0 fully saturated rings. The molecule has 2 aromatic heterocycles. The molecule has 1 aromatic carbocycles. The third kappa shape index (κ3) is 3.89. The number of benzene rings is 1. The topological polar surface area (TPSA) is 73.1 Å². The Morgan fingerprint density at radius 2 is 2.10 bits per heavy atom. The predicted molar refractivity (Wildman–Crippen MR) is 105 cm³/mol. The minimum absolute atomic E-state index is 0.0138. The first-order valence-corrected chi connectivity index (χ1v) is 9.97. The van der Waals surface area contributed by atoms with Crippen LogP contribution in [0, 0.1) is 0 Å². The smallest absolute Gasteiger partial charge is 0.443 e. The number of aromatic nitrogens is 4. The van der Waals surface area contributed by atoms with Crippen LogP contribution >= 0.6 is 11.3 Å². The molecule has 11 heteroatoms. The highest BCUT2D eigenvalue weighted by molar-refractivity contribution is 7.11. The molecule has 3 heterocycles. The van der Waals surface area contributed by atoms with Gasteiger partial charge >= 0.3 is 11.9 Å². The summed E-state index contributed by atoms with van der Waals surface area (Å²) in [5.41, 5.74) is 1.68. The van der Waals surface area contributed by atoms with Gasteiger partial charge in [-0.15, -0.1) is 11.3 Å². The molecule has 7 nitrogen and oxygen atoms in total. The van der Waals surface area contributed by atoms with E-state index in [9.17, 15) is 18.0 Å². The molecular formula is C19H18F3N5O2S. The van der Waals surface area contributed by atoms with Gasteiger partial charge in [0.25, 0.3) is 0 Å². The van der Waals surface area contributed by atoms with E-state index in [0.29, 0.717) is 23.7 Å². The standard InChI is InChI=1S/C19H18F3N5O2S/c1-11-15-4-3-13(29-2)7-12(15)5-6-26(11)16-9-24-27(18(28)25-16)10-14-8-23-17(30-14)19(20,21)22/h3-4,7-9,11H,5-6,10H2,1-2H3. The lowest BCUT2D eigenvalue weighted by Gasteiger charge is -2.36. The number of alkyl halides is 3. The first-order chi connectivity index (χ1) is 14.3. The monoisotopic (exact) mass is 437 g/mol. The van der Waals surface area contributed by atoms with E-state index >= 15 is 0 Å². The molecule has 4 rings (SSSR count). The highest BCUT2D eigenvalue weighted by Gasteiger charge is 2.34. The van der Waals surface area contributed by atoms with Gasteiger partial charge in [0.15, 0.2) is 10.8 Å². The maximum Gasteiger partial charge on any atom is 0.443 e. The van der Waals surface area contributed by atoms with E-state index in [1.807, 2.05) is 30.0 Å². The largest absolute Gasteiger partial charge is 0.497 e. The molecule has 1 unspecified atom stereocenters. The van der Waals surface area contributed by atoms with Crippen LogP contribution in [0.25, 0.3) is 0 Å². The summed E-state index contributed by atoms with van der Waals surface area (Å²) < 4.78 is 44.4. The normalized spacial score (nSPS) is 16.4. The van der Waals surface area contributed by atoms with E-state index in [1.165, 1.54) is 11.8 Å². The van der Waals surface area contributed by atoms with Gasteiger partial charge in [-0.3, -0.25) is 0 Å². The van der Waals surface area contributed by atoms with Crippen molar-refractivity contribution in [3.63, 3.8) is 0 Å². The molecule has 1 aliphatic heterocycles. The van der Waals surface area contributed by atoms with Crippen molar-refractivity contribution in [2.24, 2.45) is 0 Å². The maximum absolute atomic E-state index is 12.7. The van der Waals surface area contributed by atoms with Gasteiger partial charge in [0.2, 0.25) is 0 Å². The van der Waals surface area contributed by atoms with Gasteiger partial charge < -0.3 is 9.64 Å². The van der Waals surface area contributed by atoms with Crippen molar-refractivity contribution in [2.75, 3.05) is 18.6 Å². The lowest BCUT2D eigenvalue weighted by Crippen LogP contribution is -2.37. The van der Waals surface area contributed by atoms with E-state index in [1.54, 1.807) is 7.11 Å². The Bertz CT molecular complexity index is 1130. The van der Waals surface area contributed by atoms with Crippen LogP contribution in [-0.4, -0.2) is 33.4 Å². The van der Waals surface area contributed by atoms with Gasteiger partial charge in [0.1, 0.15) is 5.75 Å². The number of ether oxygens (including phenoxy) is 1. The van der Waals surface area contributed by atoms with E-state index in [-0.39, 0.29) is 17.5 Å². The van der Waals surface area contributed by atoms with Gasteiger partial charge in [0, 0.05) is 17.6 Å². The van der Waals surface area contributed by atoms with Gasteiger partial charge in [-0.25, -0.2) is 14.5 Å². The zero-order valence-electron chi connectivity index (χ0n) is 16.2. The fourth-order valence-corrected chi connectivity index (χ4v) is 4.27. The summed E-state index contributed by atoms with van der Waals surface area (Å²) >= 11 is 0.487. The molecule has 0 radical (unpaired) electrons. The average Bonchev–Trinajstić information content (AvgIpc) is 3.19.